The Balaban J connectivity index is 1.76. The summed E-state index contributed by atoms with van der Waals surface area (Å²) in [5.41, 5.74) is 0.453. The number of aldehydes is 1. The van der Waals surface area contributed by atoms with Crippen LogP contribution >= 0.6 is 0 Å². The second-order valence-electron chi connectivity index (χ2n) is 6.36. The number of aryl methyl sites for hydroxylation is 1. The highest BCUT2D eigenvalue weighted by molar-refractivity contribution is 5.71. The zero-order chi connectivity index (χ0) is 20.1. The second-order valence-corrected chi connectivity index (χ2v) is 6.36. The van der Waals surface area contributed by atoms with Gasteiger partial charge in [0, 0.05) is 38.1 Å². The molecule has 0 radical (unpaired) electrons. The lowest BCUT2D eigenvalue weighted by Crippen LogP contribution is -2.44. The van der Waals surface area contributed by atoms with Crippen molar-refractivity contribution < 1.29 is 18.0 Å². The predicted octanol–water partition coefficient (Wildman–Crippen LogP) is 3.38. The largest absolute Gasteiger partial charge is 0.416 e. The van der Waals surface area contributed by atoms with E-state index in [0.29, 0.717) is 36.1 Å². The molecule has 2 aromatic rings. The second kappa shape index (κ2) is 8.28. The van der Waals surface area contributed by atoms with E-state index in [1.807, 2.05) is 4.90 Å². The number of hydrogen-bond donors (Lipinski definition) is 1. The fourth-order valence-corrected chi connectivity index (χ4v) is 2.92. The number of anilines is 3. The topological polar surface area (TPSA) is 61.4 Å². The minimum atomic E-state index is -4.37. The van der Waals surface area contributed by atoms with Crippen LogP contribution in [-0.2, 0) is 11.0 Å². The van der Waals surface area contributed by atoms with E-state index in [-0.39, 0.29) is 0 Å². The van der Waals surface area contributed by atoms with Crippen LogP contribution in [0.15, 0.2) is 42.7 Å². The minimum Gasteiger partial charge on any atom is -0.374 e. The molecule has 1 aliphatic heterocycles. The fourth-order valence-electron chi connectivity index (χ4n) is 2.92. The van der Waals surface area contributed by atoms with Gasteiger partial charge in [-0.2, -0.15) is 13.2 Å². The average Bonchev–Trinajstić information content (AvgIpc) is 2.68. The molecule has 1 saturated heterocycles. The number of halogens is 3. The van der Waals surface area contributed by atoms with Crippen LogP contribution < -0.4 is 10.2 Å². The van der Waals surface area contributed by atoms with Crippen LogP contribution in [0.1, 0.15) is 11.4 Å². The number of nitrogens with zero attached hydrogens (tertiary/aromatic N) is 4. The van der Waals surface area contributed by atoms with Crippen LogP contribution in [0.3, 0.4) is 0 Å². The summed E-state index contributed by atoms with van der Waals surface area (Å²) in [4.78, 5) is 23.3. The Morgan fingerprint density at radius 2 is 1.79 bits per heavy atom. The van der Waals surface area contributed by atoms with Gasteiger partial charge in [0.25, 0.3) is 0 Å². The Bertz CT molecular complexity index is 844. The molecule has 0 aliphatic carbocycles. The predicted molar refractivity (Wildman–Crippen MR) is 100 cm³/mol. The number of piperazine rings is 1. The monoisotopic (exact) mass is 391 g/mol. The molecule has 2 heterocycles. The lowest BCUT2D eigenvalue weighted by atomic mass is 10.2. The smallest absolute Gasteiger partial charge is 0.374 e. The quantitative estimate of drug-likeness (QED) is 0.623. The first kappa shape index (κ1) is 19.7. The highest BCUT2D eigenvalue weighted by atomic mass is 19.4. The molecule has 0 unspecified atom stereocenters. The Morgan fingerprint density at radius 1 is 1.11 bits per heavy atom. The summed E-state index contributed by atoms with van der Waals surface area (Å²) in [6, 6.07) is 4.84. The van der Waals surface area contributed by atoms with Gasteiger partial charge in [0.1, 0.15) is 17.8 Å². The fraction of sp³-hybridized carbons (Fsp3) is 0.316. The number of carbonyl (C=O) groups is 1. The number of carbonyl (C=O) groups excluding carboxylic acids is 1. The summed E-state index contributed by atoms with van der Waals surface area (Å²) >= 11 is 0. The molecule has 1 aromatic heterocycles. The van der Waals surface area contributed by atoms with Crippen molar-refractivity contribution in [3.8, 4) is 0 Å². The zero-order valence-corrected chi connectivity index (χ0v) is 15.3. The number of rotatable bonds is 5. The van der Waals surface area contributed by atoms with Crippen molar-refractivity contribution in [2.45, 2.75) is 13.1 Å². The lowest BCUT2D eigenvalue weighted by Gasteiger charge is -2.35. The van der Waals surface area contributed by atoms with Crippen LogP contribution in [0.2, 0.25) is 0 Å². The molecule has 1 fully saturated rings. The third-order valence-electron chi connectivity index (χ3n) is 4.37. The van der Waals surface area contributed by atoms with Crippen molar-refractivity contribution in [2.75, 3.05) is 36.4 Å². The Morgan fingerprint density at radius 3 is 2.39 bits per heavy atom. The highest BCUT2D eigenvalue weighted by Crippen LogP contribution is 2.32. The third-order valence-corrected chi connectivity index (χ3v) is 4.37. The van der Waals surface area contributed by atoms with Crippen molar-refractivity contribution >= 4 is 23.5 Å². The maximum absolute atomic E-state index is 12.7. The van der Waals surface area contributed by atoms with Gasteiger partial charge in [0.2, 0.25) is 0 Å². The molecule has 148 valence electrons. The van der Waals surface area contributed by atoms with E-state index in [2.05, 4.69) is 20.2 Å². The molecule has 6 nitrogen and oxygen atoms in total. The summed E-state index contributed by atoms with van der Waals surface area (Å²) in [7, 11) is 0. The first-order chi connectivity index (χ1) is 13.4. The van der Waals surface area contributed by atoms with Gasteiger partial charge in [0.05, 0.1) is 11.8 Å². The Hall–Kier alpha value is -3.10. The third kappa shape index (κ3) is 4.79. The van der Waals surface area contributed by atoms with Crippen LogP contribution in [-0.4, -0.2) is 47.3 Å². The van der Waals surface area contributed by atoms with E-state index < -0.39 is 11.7 Å². The van der Waals surface area contributed by atoms with Crippen molar-refractivity contribution in [2.24, 2.45) is 0 Å². The van der Waals surface area contributed by atoms with E-state index in [9.17, 15) is 18.0 Å². The first-order valence-electron chi connectivity index (χ1n) is 8.76. The molecule has 0 spiro atoms. The molecular formula is C19H20F3N5O. The summed E-state index contributed by atoms with van der Waals surface area (Å²) in [6.45, 7) is 4.64. The van der Waals surface area contributed by atoms with Crippen LogP contribution in [0.5, 0.6) is 0 Å². The average molecular weight is 391 g/mol. The van der Waals surface area contributed by atoms with Gasteiger partial charge in [0.15, 0.2) is 5.82 Å². The number of aromatic nitrogens is 2. The summed E-state index contributed by atoms with van der Waals surface area (Å²) in [5.74, 6) is 1.31. The Labute approximate surface area is 160 Å². The SMILES string of the molecule is Cc1ncc(Nc2ccc(C(F)(F)F)cc2)c(N2CCN(C=CC=O)CC2)n1. The van der Waals surface area contributed by atoms with Crippen molar-refractivity contribution in [3.05, 3.63) is 54.1 Å². The maximum Gasteiger partial charge on any atom is 0.416 e. The van der Waals surface area contributed by atoms with Gasteiger partial charge in [-0.3, -0.25) is 4.79 Å². The van der Waals surface area contributed by atoms with Gasteiger partial charge in [-0.25, -0.2) is 9.97 Å². The summed E-state index contributed by atoms with van der Waals surface area (Å²) < 4.78 is 38.2. The van der Waals surface area contributed by atoms with Crippen molar-refractivity contribution in [1.29, 1.82) is 0 Å². The standard InChI is InChI=1S/C19H20F3N5O/c1-14-23-13-17(25-16-5-3-15(4-6-16)19(20,21)22)18(24-14)27-10-8-26(9-11-27)7-2-12-28/h2-7,12-13,25H,8-11H2,1H3. The van der Waals surface area contributed by atoms with E-state index in [1.165, 1.54) is 18.2 Å². The summed E-state index contributed by atoms with van der Waals surface area (Å²) in [5, 5.41) is 3.11. The number of alkyl halides is 3. The van der Waals surface area contributed by atoms with Gasteiger partial charge in [-0.05, 0) is 37.3 Å². The molecule has 9 heteroatoms. The molecule has 0 amide bonds. The molecule has 1 N–H and O–H groups in total. The van der Waals surface area contributed by atoms with Gasteiger partial charge in [-0.15, -0.1) is 0 Å². The Kier molecular flexibility index (Phi) is 5.81. The van der Waals surface area contributed by atoms with E-state index in [4.69, 9.17) is 0 Å². The molecule has 1 aromatic carbocycles. The molecule has 0 bridgehead atoms. The maximum atomic E-state index is 12.7. The van der Waals surface area contributed by atoms with Crippen LogP contribution in [0, 0.1) is 6.92 Å². The molecule has 0 atom stereocenters. The number of nitrogens with one attached hydrogen (secondary N) is 1. The molecular weight excluding hydrogens is 371 g/mol. The van der Waals surface area contributed by atoms with Crippen molar-refractivity contribution in [1.82, 2.24) is 14.9 Å². The van der Waals surface area contributed by atoms with E-state index in [0.717, 1.165) is 31.5 Å². The molecule has 0 saturated carbocycles. The van der Waals surface area contributed by atoms with E-state index in [1.54, 1.807) is 19.3 Å². The van der Waals surface area contributed by atoms with Gasteiger partial charge in [-0.1, -0.05) is 0 Å². The van der Waals surface area contributed by atoms with Gasteiger partial charge < -0.3 is 15.1 Å². The minimum absolute atomic E-state index is 0.522. The lowest BCUT2D eigenvalue weighted by molar-refractivity contribution is -0.137. The van der Waals surface area contributed by atoms with Crippen LogP contribution in [0.4, 0.5) is 30.4 Å². The number of allylic oxidation sites excluding steroid dienone is 1. The first-order valence-corrected chi connectivity index (χ1v) is 8.76. The zero-order valence-electron chi connectivity index (χ0n) is 15.3. The number of benzene rings is 1. The number of hydrogen-bond acceptors (Lipinski definition) is 6. The van der Waals surface area contributed by atoms with E-state index >= 15 is 0 Å². The molecule has 1 aliphatic rings. The molecule has 3 rings (SSSR count). The highest BCUT2D eigenvalue weighted by Gasteiger charge is 2.30. The summed E-state index contributed by atoms with van der Waals surface area (Å²) in [6.07, 6.45) is 1.23. The van der Waals surface area contributed by atoms with Gasteiger partial charge >= 0.3 is 6.18 Å². The normalized spacial score (nSPS) is 15.1. The molecule has 28 heavy (non-hydrogen) atoms. The van der Waals surface area contributed by atoms with Crippen LogP contribution in [0.25, 0.3) is 0 Å². The van der Waals surface area contributed by atoms with Crippen molar-refractivity contribution in [3.63, 3.8) is 0 Å².